The highest BCUT2D eigenvalue weighted by Crippen LogP contribution is 2.29. The van der Waals surface area contributed by atoms with E-state index in [-0.39, 0.29) is 16.6 Å². The van der Waals surface area contributed by atoms with Gasteiger partial charge in [-0.3, -0.25) is 4.79 Å². The van der Waals surface area contributed by atoms with Crippen molar-refractivity contribution in [3.05, 3.63) is 53.1 Å². The number of nitrogens with one attached hydrogen (secondary N) is 2. The molecule has 8 heteroatoms. The highest BCUT2D eigenvalue weighted by Gasteiger charge is 2.21. The lowest BCUT2D eigenvalue weighted by Gasteiger charge is -2.17. The van der Waals surface area contributed by atoms with Crippen molar-refractivity contribution >= 4 is 33.2 Å². The van der Waals surface area contributed by atoms with Gasteiger partial charge in [0.25, 0.3) is 0 Å². The molecule has 2 aromatic carbocycles. The number of ether oxygens (including phenoxy) is 1. The maximum atomic E-state index is 12.6. The second kappa shape index (κ2) is 7.86. The quantitative estimate of drug-likeness (QED) is 0.802. The van der Waals surface area contributed by atoms with Crippen LogP contribution in [0.1, 0.15) is 25.5 Å². The van der Waals surface area contributed by atoms with E-state index in [1.807, 2.05) is 0 Å². The van der Waals surface area contributed by atoms with E-state index < -0.39 is 16.1 Å². The normalized spacial score (nSPS) is 12.5. The van der Waals surface area contributed by atoms with Crippen molar-refractivity contribution in [1.82, 2.24) is 4.72 Å². The summed E-state index contributed by atoms with van der Waals surface area (Å²) in [4.78, 5) is 11.2. The van der Waals surface area contributed by atoms with Gasteiger partial charge in [0.15, 0.2) is 0 Å². The van der Waals surface area contributed by atoms with E-state index in [0.717, 1.165) is 0 Å². The Balaban J connectivity index is 2.30. The van der Waals surface area contributed by atoms with Crippen LogP contribution in [0.5, 0.6) is 5.75 Å². The summed E-state index contributed by atoms with van der Waals surface area (Å²) in [6.07, 6.45) is 0. The minimum atomic E-state index is -3.80. The van der Waals surface area contributed by atoms with Crippen molar-refractivity contribution in [3.8, 4) is 5.75 Å². The topological polar surface area (TPSA) is 84.5 Å². The molecular formula is C17H19ClN2O4S. The molecule has 0 unspecified atom stereocenters. The fourth-order valence-corrected chi connectivity index (χ4v) is 3.86. The lowest BCUT2D eigenvalue weighted by molar-refractivity contribution is -0.114. The summed E-state index contributed by atoms with van der Waals surface area (Å²) >= 11 is 6.12. The zero-order valence-corrected chi connectivity index (χ0v) is 15.6. The molecule has 25 heavy (non-hydrogen) atoms. The molecule has 0 heterocycles. The van der Waals surface area contributed by atoms with Crippen molar-refractivity contribution in [2.45, 2.75) is 24.8 Å². The third-order valence-corrected chi connectivity index (χ3v) is 5.38. The Kier molecular flexibility index (Phi) is 6.05. The van der Waals surface area contributed by atoms with Crippen LogP contribution in [-0.2, 0) is 14.8 Å². The summed E-state index contributed by atoms with van der Waals surface area (Å²) in [5.41, 5.74) is 1.07. The maximum absolute atomic E-state index is 12.6. The number of anilines is 1. The summed E-state index contributed by atoms with van der Waals surface area (Å²) in [7, 11) is -2.40. The van der Waals surface area contributed by atoms with Crippen LogP contribution < -0.4 is 14.8 Å². The van der Waals surface area contributed by atoms with E-state index in [1.165, 1.54) is 32.2 Å². The van der Waals surface area contributed by atoms with Crippen molar-refractivity contribution < 1.29 is 17.9 Å². The Morgan fingerprint density at radius 2 is 1.88 bits per heavy atom. The molecule has 1 atom stereocenters. The Bertz CT molecular complexity index is 884. The van der Waals surface area contributed by atoms with Crippen molar-refractivity contribution in [2.75, 3.05) is 12.4 Å². The molecular weight excluding hydrogens is 364 g/mol. The molecule has 1 amide bonds. The van der Waals surface area contributed by atoms with Gasteiger partial charge in [-0.25, -0.2) is 13.1 Å². The number of amides is 1. The predicted octanol–water partition coefficient (Wildman–Crippen LogP) is 3.35. The first-order valence-electron chi connectivity index (χ1n) is 7.47. The van der Waals surface area contributed by atoms with Crippen LogP contribution in [0.2, 0.25) is 5.02 Å². The number of hydrogen-bond donors (Lipinski definition) is 2. The standard InChI is InChI=1S/C17H19ClN2O4S/c1-11(14-6-4-5-7-15(14)18)20-25(22,23)13-8-9-16(19-12(2)21)17(10-13)24-3/h4-11,20H,1-3H3,(H,19,21)/t11-/m1/s1. The Hall–Kier alpha value is -2.09. The van der Waals surface area contributed by atoms with E-state index in [2.05, 4.69) is 10.0 Å². The predicted molar refractivity (Wildman–Crippen MR) is 97.5 cm³/mol. The highest BCUT2D eigenvalue weighted by molar-refractivity contribution is 7.89. The van der Waals surface area contributed by atoms with Crippen LogP contribution in [0.4, 0.5) is 5.69 Å². The minimum Gasteiger partial charge on any atom is -0.495 e. The van der Waals surface area contributed by atoms with Crippen LogP contribution in [0.15, 0.2) is 47.4 Å². The summed E-state index contributed by atoms with van der Waals surface area (Å²) in [6.45, 7) is 3.07. The number of benzene rings is 2. The SMILES string of the molecule is COc1cc(S(=O)(=O)N[C@H](C)c2ccccc2Cl)ccc1NC(C)=O. The number of sulfonamides is 1. The van der Waals surface area contributed by atoms with E-state index in [9.17, 15) is 13.2 Å². The van der Waals surface area contributed by atoms with Gasteiger partial charge in [0.2, 0.25) is 15.9 Å². The first kappa shape index (κ1) is 19.2. The molecule has 2 N–H and O–H groups in total. The maximum Gasteiger partial charge on any atom is 0.241 e. The van der Waals surface area contributed by atoms with Gasteiger partial charge in [0, 0.05) is 24.1 Å². The van der Waals surface area contributed by atoms with Crippen molar-refractivity contribution in [2.24, 2.45) is 0 Å². The number of halogens is 1. The first-order valence-corrected chi connectivity index (χ1v) is 9.33. The summed E-state index contributed by atoms with van der Waals surface area (Å²) in [5, 5.41) is 3.06. The Labute approximate surface area is 152 Å². The largest absolute Gasteiger partial charge is 0.495 e. The van der Waals surface area contributed by atoms with Crippen molar-refractivity contribution in [1.29, 1.82) is 0 Å². The van der Waals surface area contributed by atoms with E-state index in [0.29, 0.717) is 16.3 Å². The van der Waals surface area contributed by atoms with E-state index >= 15 is 0 Å². The molecule has 0 saturated carbocycles. The molecule has 0 saturated heterocycles. The smallest absolute Gasteiger partial charge is 0.241 e. The summed E-state index contributed by atoms with van der Waals surface area (Å²) in [5.74, 6) is -0.0251. The molecule has 6 nitrogen and oxygen atoms in total. The molecule has 0 spiro atoms. The molecule has 2 aromatic rings. The fourth-order valence-electron chi connectivity index (χ4n) is 2.32. The average Bonchev–Trinajstić information content (AvgIpc) is 2.54. The van der Waals surface area contributed by atoms with Crippen LogP contribution >= 0.6 is 11.6 Å². The molecule has 2 rings (SSSR count). The van der Waals surface area contributed by atoms with E-state index in [1.54, 1.807) is 31.2 Å². The monoisotopic (exact) mass is 382 g/mol. The average molecular weight is 383 g/mol. The zero-order chi connectivity index (χ0) is 18.6. The minimum absolute atomic E-state index is 0.0253. The number of methoxy groups -OCH3 is 1. The lowest BCUT2D eigenvalue weighted by atomic mass is 10.1. The molecule has 0 aliphatic rings. The molecule has 0 aromatic heterocycles. The Morgan fingerprint density at radius 1 is 1.20 bits per heavy atom. The third-order valence-electron chi connectivity index (χ3n) is 3.50. The molecule has 0 radical (unpaired) electrons. The van der Waals surface area contributed by atoms with Gasteiger partial charge < -0.3 is 10.1 Å². The number of carbonyl (C=O) groups is 1. The van der Waals surface area contributed by atoms with Crippen LogP contribution in [0.3, 0.4) is 0 Å². The van der Waals surface area contributed by atoms with Crippen LogP contribution in [0.25, 0.3) is 0 Å². The van der Waals surface area contributed by atoms with Crippen molar-refractivity contribution in [3.63, 3.8) is 0 Å². The van der Waals surface area contributed by atoms with Crippen LogP contribution in [0, 0.1) is 0 Å². The van der Waals surface area contributed by atoms with Gasteiger partial charge in [-0.1, -0.05) is 29.8 Å². The van der Waals surface area contributed by atoms with Crippen LogP contribution in [-0.4, -0.2) is 21.4 Å². The first-order chi connectivity index (χ1) is 11.7. The number of rotatable bonds is 6. The zero-order valence-electron chi connectivity index (χ0n) is 14.0. The summed E-state index contributed by atoms with van der Waals surface area (Å²) < 4.78 is 33.0. The number of hydrogen-bond acceptors (Lipinski definition) is 4. The highest BCUT2D eigenvalue weighted by atomic mass is 35.5. The second-order valence-electron chi connectivity index (χ2n) is 5.41. The Morgan fingerprint density at radius 3 is 2.48 bits per heavy atom. The molecule has 0 aliphatic carbocycles. The van der Waals surface area contributed by atoms with Gasteiger partial charge in [-0.05, 0) is 30.7 Å². The molecule has 0 bridgehead atoms. The number of carbonyl (C=O) groups excluding carboxylic acids is 1. The van der Waals surface area contributed by atoms with E-state index in [4.69, 9.17) is 16.3 Å². The van der Waals surface area contributed by atoms with Gasteiger partial charge in [0.05, 0.1) is 17.7 Å². The molecule has 0 aliphatic heterocycles. The lowest BCUT2D eigenvalue weighted by Crippen LogP contribution is -2.27. The van der Waals surface area contributed by atoms with Gasteiger partial charge in [0.1, 0.15) is 5.75 Å². The van der Waals surface area contributed by atoms with Gasteiger partial charge >= 0.3 is 0 Å². The molecule has 0 fully saturated rings. The second-order valence-corrected chi connectivity index (χ2v) is 7.53. The van der Waals surface area contributed by atoms with Gasteiger partial charge in [-0.2, -0.15) is 0 Å². The fraction of sp³-hybridized carbons (Fsp3) is 0.235. The van der Waals surface area contributed by atoms with Gasteiger partial charge in [-0.15, -0.1) is 0 Å². The third kappa shape index (κ3) is 4.72. The molecule has 134 valence electrons. The summed E-state index contributed by atoms with van der Waals surface area (Å²) in [6, 6.07) is 10.7.